The van der Waals surface area contributed by atoms with Crippen LogP contribution in [0.3, 0.4) is 0 Å². The lowest BCUT2D eigenvalue weighted by Gasteiger charge is -2.32. The molecular weight excluding hydrogens is 208 g/mol. The van der Waals surface area contributed by atoms with Crippen molar-refractivity contribution < 1.29 is 14.3 Å². The van der Waals surface area contributed by atoms with Crippen LogP contribution in [0, 0.1) is 0 Å². The van der Waals surface area contributed by atoms with Crippen molar-refractivity contribution in [3.63, 3.8) is 0 Å². The highest BCUT2D eigenvalue weighted by Crippen LogP contribution is 2.15. The van der Waals surface area contributed by atoms with E-state index in [-0.39, 0.29) is 30.0 Å². The number of carbonyl (C=O) groups is 2. The van der Waals surface area contributed by atoms with Gasteiger partial charge in [-0.1, -0.05) is 0 Å². The van der Waals surface area contributed by atoms with Crippen molar-refractivity contribution in [1.29, 1.82) is 0 Å². The molecule has 2 amide bonds. The Morgan fingerprint density at radius 2 is 2.12 bits per heavy atom. The molecule has 0 aromatic rings. The Morgan fingerprint density at radius 1 is 1.50 bits per heavy atom. The van der Waals surface area contributed by atoms with Crippen LogP contribution in [-0.2, 0) is 14.3 Å². The smallest absolute Gasteiger partial charge is 0.246 e. The van der Waals surface area contributed by atoms with E-state index in [1.165, 1.54) is 4.90 Å². The van der Waals surface area contributed by atoms with Gasteiger partial charge in [0.25, 0.3) is 0 Å². The van der Waals surface area contributed by atoms with Gasteiger partial charge in [-0.3, -0.25) is 19.8 Å². The third-order valence-electron chi connectivity index (χ3n) is 2.99. The van der Waals surface area contributed by atoms with Crippen molar-refractivity contribution in [2.75, 3.05) is 20.2 Å². The van der Waals surface area contributed by atoms with Crippen molar-refractivity contribution in [3.05, 3.63) is 0 Å². The summed E-state index contributed by atoms with van der Waals surface area (Å²) in [6.45, 7) is 6.30. The quantitative estimate of drug-likeness (QED) is 0.696. The Hall–Kier alpha value is -0.940. The van der Waals surface area contributed by atoms with Gasteiger partial charge < -0.3 is 4.74 Å². The Kier molecular flexibility index (Phi) is 4.04. The largest absolute Gasteiger partial charge is 0.379 e. The molecule has 0 saturated carbocycles. The number of carbonyl (C=O) groups excluding carboxylic acids is 2. The first kappa shape index (κ1) is 13.1. The summed E-state index contributed by atoms with van der Waals surface area (Å²) in [5.74, 6) is -0.307. The molecule has 92 valence electrons. The first-order chi connectivity index (χ1) is 7.37. The Labute approximate surface area is 96.1 Å². The fraction of sp³-hybridized carbons (Fsp3) is 0.818. The maximum absolute atomic E-state index is 11.7. The Balaban J connectivity index is 2.58. The number of ether oxygens (including phenoxy) is 1. The normalized spacial score (nSPS) is 22.8. The molecule has 0 spiro atoms. The number of nitrogens with one attached hydrogen (secondary N) is 1. The van der Waals surface area contributed by atoms with Gasteiger partial charge in [0.1, 0.15) is 0 Å². The number of piperazine rings is 1. The standard InChI is InChI=1S/C11H20N2O3/c1-8-10(15)13(9(14)7-12-8)6-5-11(2,3)16-4/h8,12H,5-7H2,1-4H3. The third-order valence-corrected chi connectivity index (χ3v) is 2.99. The number of nitrogens with zero attached hydrogens (tertiary/aromatic N) is 1. The molecule has 1 aliphatic rings. The number of imide groups is 1. The van der Waals surface area contributed by atoms with E-state index in [0.717, 1.165) is 0 Å². The average molecular weight is 228 g/mol. The van der Waals surface area contributed by atoms with Crippen LogP contribution in [0.4, 0.5) is 0 Å². The number of methoxy groups -OCH3 is 1. The van der Waals surface area contributed by atoms with Crippen LogP contribution in [0.1, 0.15) is 27.2 Å². The lowest BCUT2D eigenvalue weighted by molar-refractivity contribution is -0.149. The molecule has 0 radical (unpaired) electrons. The predicted octanol–water partition coefficient (Wildman–Crippen LogP) is 0.148. The van der Waals surface area contributed by atoms with E-state index in [1.807, 2.05) is 13.8 Å². The molecule has 0 bridgehead atoms. The van der Waals surface area contributed by atoms with E-state index >= 15 is 0 Å². The summed E-state index contributed by atoms with van der Waals surface area (Å²) in [6, 6.07) is -0.275. The van der Waals surface area contributed by atoms with E-state index in [1.54, 1.807) is 14.0 Å². The zero-order chi connectivity index (χ0) is 12.3. The van der Waals surface area contributed by atoms with Crippen LogP contribution in [0.15, 0.2) is 0 Å². The molecule has 0 aromatic carbocycles. The third kappa shape index (κ3) is 3.02. The van der Waals surface area contributed by atoms with Crippen LogP contribution in [-0.4, -0.2) is 48.6 Å². The van der Waals surface area contributed by atoms with Gasteiger partial charge >= 0.3 is 0 Å². The molecular formula is C11H20N2O3. The summed E-state index contributed by atoms with van der Waals surface area (Å²) in [4.78, 5) is 24.6. The van der Waals surface area contributed by atoms with E-state index in [0.29, 0.717) is 13.0 Å². The number of hydrogen-bond donors (Lipinski definition) is 1. The van der Waals surface area contributed by atoms with Crippen molar-refractivity contribution in [2.45, 2.75) is 38.8 Å². The zero-order valence-electron chi connectivity index (χ0n) is 10.4. The molecule has 0 aromatic heterocycles. The second-order valence-corrected chi connectivity index (χ2v) is 4.70. The van der Waals surface area contributed by atoms with Gasteiger partial charge in [-0.25, -0.2) is 0 Å². The van der Waals surface area contributed by atoms with Crippen molar-refractivity contribution >= 4 is 11.8 Å². The molecule has 1 heterocycles. The van der Waals surface area contributed by atoms with Gasteiger partial charge in [-0.2, -0.15) is 0 Å². The van der Waals surface area contributed by atoms with E-state index in [9.17, 15) is 9.59 Å². The second-order valence-electron chi connectivity index (χ2n) is 4.70. The second kappa shape index (κ2) is 4.93. The highest BCUT2D eigenvalue weighted by molar-refractivity contribution is 6.00. The highest BCUT2D eigenvalue weighted by atomic mass is 16.5. The minimum atomic E-state index is -0.311. The van der Waals surface area contributed by atoms with Crippen LogP contribution >= 0.6 is 0 Å². The van der Waals surface area contributed by atoms with Gasteiger partial charge in [-0.05, 0) is 27.2 Å². The zero-order valence-corrected chi connectivity index (χ0v) is 10.4. The average Bonchev–Trinajstić information content (AvgIpc) is 2.24. The van der Waals surface area contributed by atoms with Crippen LogP contribution in [0.5, 0.6) is 0 Å². The van der Waals surface area contributed by atoms with Crippen molar-refractivity contribution in [2.24, 2.45) is 0 Å². The lowest BCUT2D eigenvalue weighted by Crippen LogP contribution is -2.57. The maximum Gasteiger partial charge on any atom is 0.246 e. The first-order valence-corrected chi connectivity index (χ1v) is 5.50. The molecule has 16 heavy (non-hydrogen) atoms. The van der Waals surface area contributed by atoms with Gasteiger partial charge in [0, 0.05) is 13.7 Å². The molecule has 1 aliphatic heterocycles. The van der Waals surface area contributed by atoms with Crippen molar-refractivity contribution in [1.82, 2.24) is 10.2 Å². The topological polar surface area (TPSA) is 58.6 Å². The molecule has 1 saturated heterocycles. The molecule has 5 heteroatoms. The predicted molar refractivity (Wildman–Crippen MR) is 59.9 cm³/mol. The van der Waals surface area contributed by atoms with Gasteiger partial charge in [0.2, 0.25) is 11.8 Å². The van der Waals surface area contributed by atoms with Crippen LogP contribution in [0.25, 0.3) is 0 Å². The van der Waals surface area contributed by atoms with Crippen molar-refractivity contribution in [3.8, 4) is 0 Å². The summed E-state index contributed by atoms with van der Waals surface area (Å²) in [6.07, 6.45) is 0.647. The van der Waals surface area contributed by atoms with Gasteiger partial charge in [0.15, 0.2) is 0 Å². The van der Waals surface area contributed by atoms with Gasteiger partial charge in [0.05, 0.1) is 18.2 Å². The summed E-state index contributed by atoms with van der Waals surface area (Å²) in [5, 5.41) is 2.85. The summed E-state index contributed by atoms with van der Waals surface area (Å²) in [7, 11) is 1.63. The van der Waals surface area contributed by atoms with Crippen LogP contribution < -0.4 is 5.32 Å². The summed E-state index contributed by atoms with van der Waals surface area (Å²) >= 11 is 0. The molecule has 1 N–H and O–H groups in total. The number of amides is 2. The summed E-state index contributed by atoms with van der Waals surface area (Å²) < 4.78 is 5.26. The molecule has 1 atom stereocenters. The molecule has 0 aliphatic carbocycles. The lowest BCUT2D eigenvalue weighted by atomic mass is 10.0. The maximum atomic E-state index is 11.7. The SMILES string of the molecule is COC(C)(C)CCN1C(=O)CNC(C)C1=O. The fourth-order valence-electron chi connectivity index (χ4n) is 1.50. The number of rotatable bonds is 4. The Bertz CT molecular complexity index is 289. The monoisotopic (exact) mass is 228 g/mol. The van der Waals surface area contributed by atoms with E-state index < -0.39 is 0 Å². The van der Waals surface area contributed by atoms with E-state index in [2.05, 4.69) is 5.32 Å². The number of hydrogen-bond acceptors (Lipinski definition) is 4. The van der Waals surface area contributed by atoms with E-state index in [4.69, 9.17) is 4.74 Å². The fourth-order valence-corrected chi connectivity index (χ4v) is 1.50. The summed E-state index contributed by atoms with van der Waals surface area (Å²) in [5.41, 5.74) is -0.311. The molecule has 5 nitrogen and oxygen atoms in total. The van der Waals surface area contributed by atoms with Crippen LogP contribution in [0.2, 0.25) is 0 Å². The highest BCUT2D eigenvalue weighted by Gasteiger charge is 2.32. The minimum absolute atomic E-state index is 0.150. The first-order valence-electron chi connectivity index (χ1n) is 5.50. The Morgan fingerprint density at radius 3 is 2.69 bits per heavy atom. The minimum Gasteiger partial charge on any atom is -0.379 e. The molecule has 1 rings (SSSR count). The van der Waals surface area contributed by atoms with Gasteiger partial charge in [-0.15, -0.1) is 0 Å². The molecule has 1 unspecified atom stereocenters. The molecule has 1 fully saturated rings.